The number of anilines is 1. The zero-order valence-corrected chi connectivity index (χ0v) is 37.8. The van der Waals surface area contributed by atoms with Crippen molar-refractivity contribution in [2.75, 3.05) is 5.32 Å². The lowest BCUT2D eigenvalue weighted by Gasteiger charge is -2.25. The first-order valence-electron chi connectivity index (χ1n) is 21.9. The Morgan fingerprint density at radius 3 is 1.37 bits per heavy atom. The number of hydrogen-bond donors (Lipinski definition) is 1. The molecule has 0 fully saturated rings. The summed E-state index contributed by atoms with van der Waals surface area (Å²) in [6, 6.07) is 46.6. The van der Waals surface area contributed by atoms with Gasteiger partial charge < -0.3 is 5.32 Å². The molecule has 0 aromatic heterocycles. The zero-order valence-electron chi connectivity index (χ0n) is 37.0. The van der Waals surface area contributed by atoms with Crippen LogP contribution in [0.4, 0.5) is 10.1 Å². The van der Waals surface area contributed by atoms with Crippen molar-refractivity contribution in [2.24, 2.45) is 0 Å². The molecule has 1 N–H and O–H groups in total. The normalized spacial score (nSPS) is 17.0. The van der Waals surface area contributed by atoms with Crippen LogP contribution in [0.25, 0.3) is 55.6 Å². The van der Waals surface area contributed by atoms with Gasteiger partial charge in [0.15, 0.2) is 0 Å². The van der Waals surface area contributed by atoms with Gasteiger partial charge in [-0.05, 0) is 156 Å². The molecular formula is C57H56FNS. The van der Waals surface area contributed by atoms with E-state index in [-0.39, 0.29) is 27.4 Å². The predicted molar refractivity (Wildman–Crippen MR) is 256 cm³/mol. The van der Waals surface area contributed by atoms with Crippen LogP contribution in [0, 0.1) is 12.7 Å². The van der Waals surface area contributed by atoms with Crippen LogP contribution in [0.3, 0.4) is 0 Å². The molecule has 60 heavy (non-hydrogen) atoms. The van der Waals surface area contributed by atoms with E-state index in [0.717, 1.165) is 16.8 Å². The Morgan fingerprint density at radius 1 is 0.433 bits per heavy atom. The Morgan fingerprint density at radius 2 is 0.833 bits per heavy atom. The predicted octanol–water partition coefficient (Wildman–Crippen LogP) is 16.7. The highest BCUT2D eigenvalue weighted by molar-refractivity contribution is 8.00. The Labute approximate surface area is 361 Å². The summed E-state index contributed by atoms with van der Waals surface area (Å²) < 4.78 is 13.6. The van der Waals surface area contributed by atoms with Crippen LogP contribution in [0.1, 0.15) is 119 Å². The second kappa shape index (κ2) is 14.4. The molecule has 302 valence electrons. The molecule has 0 spiro atoms. The monoisotopic (exact) mass is 805 g/mol. The van der Waals surface area contributed by atoms with Crippen LogP contribution in [-0.4, -0.2) is 0 Å². The number of rotatable bonds is 3. The number of nitrogens with one attached hydrogen (secondary N) is 1. The van der Waals surface area contributed by atoms with E-state index < -0.39 is 0 Å². The van der Waals surface area contributed by atoms with Gasteiger partial charge in [0.2, 0.25) is 0 Å². The van der Waals surface area contributed by atoms with E-state index in [1.54, 1.807) is 0 Å². The van der Waals surface area contributed by atoms with E-state index in [0.29, 0.717) is 0 Å². The van der Waals surface area contributed by atoms with Crippen molar-refractivity contribution in [1.82, 2.24) is 0 Å². The quantitative estimate of drug-likeness (QED) is 0.191. The molecule has 4 aliphatic rings. The van der Waals surface area contributed by atoms with E-state index in [1.807, 2.05) is 51.6 Å². The highest BCUT2D eigenvalue weighted by atomic mass is 32.2. The molecular weight excluding hydrogens is 750 g/mol. The zero-order chi connectivity index (χ0) is 42.5. The second-order valence-electron chi connectivity index (χ2n) is 18.1. The van der Waals surface area contributed by atoms with Crippen molar-refractivity contribution in [2.45, 2.75) is 103 Å². The van der Waals surface area contributed by atoms with Gasteiger partial charge in [0, 0.05) is 26.8 Å². The maximum atomic E-state index is 13.6. The number of hydrogen-bond acceptors (Lipinski definition) is 2. The topological polar surface area (TPSA) is 12.0 Å². The third-order valence-corrected chi connectivity index (χ3v) is 14.9. The third kappa shape index (κ3) is 5.94. The summed E-state index contributed by atoms with van der Waals surface area (Å²) in [5.41, 5.74) is 24.8. The summed E-state index contributed by atoms with van der Waals surface area (Å²) in [6.45, 7) is 24.6. The maximum Gasteiger partial charge on any atom is 0.123 e. The van der Waals surface area contributed by atoms with Crippen molar-refractivity contribution in [3.63, 3.8) is 0 Å². The van der Waals surface area contributed by atoms with E-state index >= 15 is 0 Å². The highest BCUT2D eigenvalue weighted by Gasteiger charge is 2.45. The average molecular weight is 806 g/mol. The molecule has 0 bridgehead atoms. The number of benzene rings is 7. The van der Waals surface area contributed by atoms with Crippen molar-refractivity contribution in [3.05, 3.63) is 178 Å². The lowest BCUT2D eigenvalue weighted by molar-refractivity contribution is 0.628. The SMILES string of the molecule is CC.CC.Cc1ccc(-c2ccc3c(c2)C(C)(C)c2cc4c(cc2-3)C(C)(C)c2cc3c(cc2-4)C(C)(C)c2cc(C4Nc5cc(-c6ccc(F)cc6)ccc5S4)ccc2-3)cc1. The summed E-state index contributed by atoms with van der Waals surface area (Å²) >= 11 is 1.87. The molecule has 1 aliphatic heterocycles. The first kappa shape index (κ1) is 40.0. The minimum Gasteiger partial charge on any atom is -0.368 e. The first-order chi connectivity index (χ1) is 28.8. The molecule has 0 saturated heterocycles. The Hall–Kier alpha value is -5.38. The van der Waals surface area contributed by atoms with E-state index in [9.17, 15) is 4.39 Å². The average Bonchev–Trinajstić information content (AvgIpc) is 3.92. The first-order valence-corrected chi connectivity index (χ1v) is 22.8. The van der Waals surface area contributed by atoms with Gasteiger partial charge in [-0.2, -0.15) is 0 Å². The lowest BCUT2D eigenvalue weighted by Crippen LogP contribution is -2.17. The number of fused-ring (bicyclic) bond motifs is 10. The number of aryl methyl sites for hydroxylation is 1. The van der Waals surface area contributed by atoms with Gasteiger partial charge in [0.1, 0.15) is 11.2 Å². The van der Waals surface area contributed by atoms with E-state index in [4.69, 9.17) is 0 Å². The fourth-order valence-corrected chi connectivity index (χ4v) is 11.4. The second-order valence-corrected chi connectivity index (χ2v) is 19.2. The fraction of sp³-hybridized carbons (Fsp3) is 0.263. The van der Waals surface area contributed by atoms with Crippen LogP contribution in [0.15, 0.2) is 132 Å². The lowest BCUT2D eigenvalue weighted by atomic mass is 9.78. The Balaban J connectivity index is 0.00000112. The fourth-order valence-electron chi connectivity index (χ4n) is 10.3. The number of thioether (sulfide) groups is 1. The Bertz CT molecular complexity index is 2840. The molecule has 0 amide bonds. The summed E-state index contributed by atoms with van der Waals surface area (Å²) in [5.74, 6) is -0.213. The van der Waals surface area contributed by atoms with E-state index in [1.165, 1.54) is 106 Å². The molecule has 11 rings (SSSR count). The van der Waals surface area contributed by atoms with Crippen LogP contribution < -0.4 is 5.32 Å². The van der Waals surface area contributed by atoms with Crippen molar-refractivity contribution in [1.29, 1.82) is 0 Å². The van der Waals surface area contributed by atoms with E-state index in [2.05, 4.69) is 157 Å². The smallest absolute Gasteiger partial charge is 0.123 e. The van der Waals surface area contributed by atoms with Gasteiger partial charge in [-0.15, -0.1) is 0 Å². The Kier molecular flexibility index (Phi) is 9.60. The summed E-state index contributed by atoms with van der Waals surface area (Å²) in [4.78, 5) is 1.24. The van der Waals surface area contributed by atoms with Crippen molar-refractivity contribution in [3.8, 4) is 55.6 Å². The molecule has 1 unspecified atom stereocenters. The molecule has 0 saturated carbocycles. The minimum atomic E-state index is -0.213. The summed E-state index contributed by atoms with van der Waals surface area (Å²) in [6.07, 6.45) is 0. The van der Waals surface area contributed by atoms with Gasteiger partial charge in [0.05, 0.1) is 0 Å². The molecule has 7 aromatic carbocycles. The van der Waals surface area contributed by atoms with Gasteiger partial charge in [0.25, 0.3) is 0 Å². The molecule has 3 aliphatic carbocycles. The van der Waals surface area contributed by atoms with Crippen LogP contribution in [0.2, 0.25) is 0 Å². The van der Waals surface area contributed by atoms with Crippen molar-refractivity contribution < 1.29 is 4.39 Å². The molecule has 0 radical (unpaired) electrons. The van der Waals surface area contributed by atoms with Gasteiger partial charge in [-0.25, -0.2) is 4.39 Å². The van der Waals surface area contributed by atoms with Gasteiger partial charge >= 0.3 is 0 Å². The molecule has 3 heteroatoms. The maximum absolute atomic E-state index is 13.6. The minimum absolute atomic E-state index is 0.107. The highest BCUT2D eigenvalue weighted by Crippen LogP contribution is 2.60. The number of halogens is 1. The largest absolute Gasteiger partial charge is 0.368 e. The van der Waals surface area contributed by atoms with Gasteiger partial charge in [-0.3, -0.25) is 0 Å². The molecule has 1 atom stereocenters. The van der Waals surface area contributed by atoms with Crippen LogP contribution in [-0.2, 0) is 16.2 Å². The summed E-state index contributed by atoms with van der Waals surface area (Å²) in [5, 5.41) is 3.93. The van der Waals surface area contributed by atoms with Crippen LogP contribution >= 0.6 is 11.8 Å². The summed E-state index contributed by atoms with van der Waals surface area (Å²) in [7, 11) is 0. The molecule has 7 aromatic rings. The van der Waals surface area contributed by atoms with Gasteiger partial charge in [-0.1, -0.05) is 159 Å². The molecule has 1 heterocycles. The molecule has 1 nitrogen and oxygen atoms in total. The van der Waals surface area contributed by atoms with Crippen molar-refractivity contribution >= 4 is 17.4 Å². The third-order valence-electron chi connectivity index (χ3n) is 13.7. The van der Waals surface area contributed by atoms with Crippen LogP contribution in [0.5, 0.6) is 0 Å². The standard InChI is InChI=1S/C53H44FNS.2C2H6/c1-29-8-10-30(11-9-29)32-14-19-36-38-25-46-40(27-44(38)51(2,3)42(36)22-32)41-28-45-39(26-47(41)53(46,6)7)37-20-15-34(23-43(37)52(45,4)5)50-55-48-24-33(16-21-49(48)56-50)31-12-17-35(54)18-13-31;2*1-2/h8-28,50,55H,1-7H3;2*1-2H3.